The lowest BCUT2D eigenvalue weighted by Gasteiger charge is -2.32. The Labute approximate surface area is 213 Å². The lowest BCUT2D eigenvalue weighted by Crippen LogP contribution is -2.43. The molecule has 0 aliphatic carbocycles. The van der Waals surface area contributed by atoms with Crippen molar-refractivity contribution in [3.63, 3.8) is 0 Å². The maximum Gasteiger partial charge on any atom is 0.255 e. The zero-order chi connectivity index (χ0) is 25.5. The molecular formula is C29H38FN3O3. The molecule has 6 nitrogen and oxygen atoms in total. The Kier molecular flexibility index (Phi) is 8.97. The van der Waals surface area contributed by atoms with Crippen molar-refractivity contribution in [3.05, 3.63) is 54.1 Å². The quantitative estimate of drug-likeness (QED) is 0.520. The Balaban J connectivity index is 1.33. The highest BCUT2D eigenvalue weighted by atomic mass is 19.1. The third-order valence-electron chi connectivity index (χ3n) is 7.42. The van der Waals surface area contributed by atoms with E-state index in [4.69, 9.17) is 10.5 Å². The topological polar surface area (TPSA) is 75.9 Å². The van der Waals surface area contributed by atoms with Crippen LogP contribution in [0.15, 0.2) is 48.5 Å². The van der Waals surface area contributed by atoms with Crippen molar-refractivity contribution in [2.45, 2.75) is 57.7 Å². The minimum atomic E-state index is -0.721. The van der Waals surface area contributed by atoms with Crippen LogP contribution in [0.2, 0.25) is 0 Å². The van der Waals surface area contributed by atoms with Gasteiger partial charge in [-0.05, 0) is 80.4 Å². The van der Waals surface area contributed by atoms with Crippen LogP contribution in [0.4, 0.5) is 4.39 Å². The number of rotatable bonds is 10. The summed E-state index contributed by atoms with van der Waals surface area (Å²) in [5, 5.41) is 0. The van der Waals surface area contributed by atoms with Gasteiger partial charge in [0.2, 0.25) is 5.91 Å². The van der Waals surface area contributed by atoms with Crippen LogP contribution in [0.25, 0.3) is 11.1 Å². The Morgan fingerprint density at radius 2 is 1.78 bits per heavy atom. The van der Waals surface area contributed by atoms with Crippen LogP contribution < -0.4 is 10.5 Å². The molecule has 2 fully saturated rings. The smallest absolute Gasteiger partial charge is 0.255 e. The van der Waals surface area contributed by atoms with E-state index >= 15 is 0 Å². The molecule has 2 aliphatic heterocycles. The number of halogens is 1. The summed E-state index contributed by atoms with van der Waals surface area (Å²) in [4.78, 5) is 28.9. The zero-order valence-electron chi connectivity index (χ0n) is 21.2. The molecule has 1 unspecified atom stereocenters. The van der Waals surface area contributed by atoms with Gasteiger partial charge in [0.05, 0.1) is 6.61 Å². The summed E-state index contributed by atoms with van der Waals surface area (Å²) >= 11 is 0. The van der Waals surface area contributed by atoms with Crippen molar-refractivity contribution < 1.29 is 18.7 Å². The first kappa shape index (κ1) is 26.1. The average molecular weight is 496 g/mol. The Bertz CT molecular complexity index is 1020. The molecular weight excluding hydrogens is 457 g/mol. The number of likely N-dealkylation sites (tertiary alicyclic amines) is 2. The molecule has 0 radical (unpaired) electrons. The number of piperidine rings is 1. The number of ether oxygens (including phenoxy) is 1. The fourth-order valence-electron chi connectivity index (χ4n) is 5.35. The molecule has 2 amide bonds. The van der Waals surface area contributed by atoms with Gasteiger partial charge in [-0.2, -0.15) is 0 Å². The number of hydrogen-bond acceptors (Lipinski definition) is 4. The Morgan fingerprint density at radius 3 is 2.47 bits per heavy atom. The predicted octanol–water partition coefficient (Wildman–Crippen LogP) is 4.67. The van der Waals surface area contributed by atoms with Crippen LogP contribution in [0, 0.1) is 5.92 Å². The second-order valence-corrected chi connectivity index (χ2v) is 10.1. The number of alkyl halides is 1. The summed E-state index contributed by atoms with van der Waals surface area (Å²) in [6.45, 7) is 5.62. The molecule has 2 heterocycles. The van der Waals surface area contributed by atoms with Crippen LogP contribution in [-0.4, -0.2) is 66.6 Å². The van der Waals surface area contributed by atoms with Crippen LogP contribution in [0.1, 0.15) is 55.8 Å². The average Bonchev–Trinajstić information content (AvgIpc) is 3.39. The summed E-state index contributed by atoms with van der Waals surface area (Å²) in [6, 6.07) is 14.7. The fourth-order valence-corrected chi connectivity index (χ4v) is 5.35. The van der Waals surface area contributed by atoms with E-state index in [0.29, 0.717) is 44.0 Å². The molecule has 7 heteroatoms. The van der Waals surface area contributed by atoms with Gasteiger partial charge >= 0.3 is 0 Å². The molecule has 0 aromatic heterocycles. The third kappa shape index (κ3) is 6.44. The summed E-state index contributed by atoms with van der Waals surface area (Å²) in [6.07, 6.45) is 4.25. The van der Waals surface area contributed by atoms with Crippen molar-refractivity contribution in [1.29, 1.82) is 0 Å². The molecule has 2 saturated heterocycles. The summed E-state index contributed by atoms with van der Waals surface area (Å²) in [5.41, 5.74) is 7.84. The molecule has 2 aromatic rings. The lowest BCUT2D eigenvalue weighted by molar-refractivity contribution is -0.121. The molecule has 4 rings (SSSR count). The van der Waals surface area contributed by atoms with Crippen molar-refractivity contribution in [2.24, 2.45) is 11.7 Å². The van der Waals surface area contributed by atoms with Crippen molar-refractivity contribution in [3.8, 4) is 16.9 Å². The second kappa shape index (κ2) is 12.3. The Morgan fingerprint density at radius 1 is 1.06 bits per heavy atom. The minimum Gasteiger partial charge on any atom is -0.493 e. The molecule has 36 heavy (non-hydrogen) atoms. The van der Waals surface area contributed by atoms with E-state index in [2.05, 4.69) is 4.90 Å². The van der Waals surface area contributed by atoms with Crippen LogP contribution in [-0.2, 0) is 4.79 Å². The maximum absolute atomic E-state index is 13.9. The van der Waals surface area contributed by atoms with E-state index < -0.39 is 18.1 Å². The van der Waals surface area contributed by atoms with E-state index in [-0.39, 0.29) is 5.91 Å². The van der Waals surface area contributed by atoms with Gasteiger partial charge in [-0.15, -0.1) is 0 Å². The largest absolute Gasteiger partial charge is 0.493 e. The highest BCUT2D eigenvalue weighted by Crippen LogP contribution is 2.29. The molecule has 0 spiro atoms. The first-order valence-corrected chi connectivity index (χ1v) is 13.2. The number of carbonyl (C=O) groups excluding carboxylic acids is 2. The van der Waals surface area contributed by atoms with Crippen molar-refractivity contribution >= 4 is 11.8 Å². The maximum atomic E-state index is 13.9. The molecule has 0 saturated carbocycles. The van der Waals surface area contributed by atoms with Gasteiger partial charge in [0.1, 0.15) is 18.0 Å². The number of benzene rings is 2. The molecule has 194 valence electrons. The summed E-state index contributed by atoms with van der Waals surface area (Å²) < 4.78 is 20.0. The van der Waals surface area contributed by atoms with Crippen LogP contribution >= 0.6 is 0 Å². The van der Waals surface area contributed by atoms with Crippen molar-refractivity contribution in [1.82, 2.24) is 9.80 Å². The second-order valence-electron chi connectivity index (χ2n) is 10.1. The summed E-state index contributed by atoms with van der Waals surface area (Å²) in [5.74, 6) is 0.660. The van der Waals surface area contributed by atoms with Gasteiger partial charge in [-0.1, -0.05) is 43.7 Å². The standard InChI is InChI=1S/C29H38FN3O3/c1-2-6-23(30)19-32-17-14-21(15-18-32)20-36-24-12-10-22(11-13-24)25-7-3-4-8-26(25)29(35)33-16-5-9-27(33)28(31)34/h3-4,7-8,10-13,21,23,27H,2,5-6,9,14-20H2,1H3,(H2,31,34)/t23?,27-/m0/s1. The first-order valence-electron chi connectivity index (χ1n) is 13.2. The van der Waals surface area contributed by atoms with Gasteiger partial charge in [-0.25, -0.2) is 4.39 Å². The normalized spacial score (nSPS) is 19.8. The molecule has 2 aliphatic rings. The zero-order valence-corrected chi connectivity index (χ0v) is 21.2. The molecule has 2 atom stereocenters. The number of primary amides is 1. The van der Waals surface area contributed by atoms with E-state index in [0.717, 1.165) is 55.6 Å². The van der Waals surface area contributed by atoms with Gasteiger partial charge in [0.25, 0.3) is 5.91 Å². The van der Waals surface area contributed by atoms with E-state index in [1.807, 2.05) is 49.4 Å². The number of nitrogens with two attached hydrogens (primary N) is 1. The van der Waals surface area contributed by atoms with Crippen LogP contribution in [0.3, 0.4) is 0 Å². The molecule has 2 aromatic carbocycles. The van der Waals surface area contributed by atoms with Gasteiger partial charge in [0.15, 0.2) is 0 Å². The number of carbonyl (C=O) groups is 2. The molecule has 0 bridgehead atoms. The van der Waals surface area contributed by atoms with Gasteiger partial charge < -0.3 is 20.3 Å². The monoisotopic (exact) mass is 495 g/mol. The highest BCUT2D eigenvalue weighted by molar-refractivity contribution is 6.03. The summed E-state index contributed by atoms with van der Waals surface area (Å²) in [7, 11) is 0. The lowest BCUT2D eigenvalue weighted by atomic mass is 9.97. The van der Waals surface area contributed by atoms with E-state index in [9.17, 15) is 14.0 Å². The minimum absolute atomic E-state index is 0.160. The highest BCUT2D eigenvalue weighted by Gasteiger charge is 2.34. The number of nitrogens with zero attached hydrogens (tertiary/aromatic N) is 2. The van der Waals surface area contributed by atoms with E-state index in [1.54, 1.807) is 11.0 Å². The van der Waals surface area contributed by atoms with Gasteiger partial charge in [-0.3, -0.25) is 9.59 Å². The van der Waals surface area contributed by atoms with Crippen molar-refractivity contribution in [2.75, 3.05) is 32.8 Å². The van der Waals surface area contributed by atoms with Gasteiger partial charge in [0, 0.05) is 18.7 Å². The first-order chi connectivity index (χ1) is 17.5. The fraction of sp³-hybridized carbons (Fsp3) is 0.517. The third-order valence-corrected chi connectivity index (χ3v) is 7.42. The SMILES string of the molecule is CCCC(F)CN1CCC(COc2ccc(-c3ccccc3C(=O)N3CCC[C@H]3C(N)=O)cc2)CC1. The number of amides is 2. The van der Waals surface area contributed by atoms with Crippen LogP contribution in [0.5, 0.6) is 5.75 Å². The Hall–Kier alpha value is -2.93. The number of hydrogen-bond donors (Lipinski definition) is 1. The molecule has 2 N–H and O–H groups in total. The predicted molar refractivity (Wildman–Crippen MR) is 140 cm³/mol. The van der Waals surface area contributed by atoms with E-state index in [1.165, 1.54) is 0 Å².